The fraction of sp³-hybridized carbons (Fsp3) is 0.188. The number of halogens is 1. The number of hydrogen-bond acceptors (Lipinski definition) is 4. The molecule has 0 unspecified atom stereocenters. The molecule has 0 saturated carbocycles. The van der Waals surface area contributed by atoms with Gasteiger partial charge in [-0.05, 0) is 30.2 Å². The first-order chi connectivity index (χ1) is 10.8. The molecule has 23 heavy (non-hydrogen) atoms. The number of sulfonamides is 1. The maximum absolute atomic E-state index is 14.5. The van der Waals surface area contributed by atoms with E-state index in [0.717, 1.165) is 17.2 Å². The van der Waals surface area contributed by atoms with Gasteiger partial charge in [0.15, 0.2) is 0 Å². The molecular weight excluding hydrogens is 317 g/mol. The van der Waals surface area contributed by atoms with Crippen LogP contribution in [0.5, 0.6) is 0 Å². The van der Waals surface area contributed by atoms with Gasteiger partial charge in [0.1, 0.15) is 10.7 Å². The molecule has 1 aliphatic rings. The number of nitrogens with two attached hydrogens (primary N) is 1. The number of anilines is 1. The fourth-order valence-corrected chi connectivity index (χ4v) is 3.96. The Morgan fingerprint density at radius 3 is 2.61 bits per heavy atom. The van der Waals surface area contributed by atoms with Crippen LogP contribution in [0.3, 0.4) is 0 Å². The third kappa shape index (κ3) is 2.57. The van der Waals surface area contributed by atoms with Gasteiger partial charge in [-0.2, -0.15) is 8.42 Å². The SMILES string of the molecule is Cc1ccccc1[C@@H](C)c1c(F)ccc2c1NC(N)=NS2(=O)=O. The predicted molar refractivity (Wildman–Crippen MR) is 87.5 cm³/mol. The second kappa shape index (κ2) is 5.34. The Kier molecular flexibility index (Phi) is 3.60. The van der Waals surface area contributed by atoms with E-state index in [4.69, 9.17) is 5.73 Å². The molecule has 0 spiro atoms. The Morgan fingerprint density at radius 2 is 1.91 bits per heavy atom. The largest absolute Gasteiger partial charge is 0.369 e. The van der Waals surface area contributed by atoms with Gasteiger partial charge in [0.05, 0.1) is 5.69 Å². The summed E-state index contributed by atoms with van der Waals surface area (Å²) in [6, 6.07) is 9.95. The Labute approximate surface area is 134 Å². The van der Waals surface area contributed by atoms with Crippen molar-refractivity contribution in [2.45, 2.75) is 24.7 Å². The minimum atomic E-state index is -3.92. The smallest absolute Gasteiger partial charge is 0.287 e. The molecule has 5 nitrogen and oxygen atoms in total. The molecule has 120 valence electrons. The Balaban J connectivity index is 2.25. The van der Waals surface area contributed by atoms with Crippen LogP contribution in [0.2, 0.25) is 0 Å². The summed E-state index contributed by atoms with van der Waals surface area (Å²) in [7, 11) is -3.92. The summed E-state index contributed by atoms with van der Waals surface area (Å²) in [6.45, 7) is 3.76. The Hall–Kier alpha value is -2.41. The lowest BCUT2D eigenvalue weighted by molar-refractivity contribution is 0.591. The van der Waals surface area contributed by atoms with Crippen molar-refractivity contribution >= 4 is 21.7 Å². The lowest BCUT2D eigenvalue weighted by atomic mass is 9.88. The molecule has 7 heteroatoms. The average molecular weight is 333 g/mol. The third-order valence-electron chi connectivity index (χ3n) is 3.99. The molecule has 1 atom stereocenters. The average Bonchev–Trinajstić information content (AvgIpc) is 2.45. The maximum Gasteiger partial charge on any atom is 0.287 e. The topological polar surface area (TPSA) is 84.5 Å². The van der Waals surface area contributed by atoms with E-state index in [1.165, 1.54) is 6.07 Å². The molecule has 2 aromatic rings. The summed E-state index contributed by atoms with van der Waals surface area (Å²) in [5.74, 6) is -1.10. The highest BCUT2D eigenvalue weighted by Crippen LogP contribution is 2.39. The van der Waals surface area contributed by atoms with Crippen molar-refractivity contribution in [2.24, 2.45) is 10.1 Å². The van der Waals surface area contributed by atoms with Crippen LogP contribution in [0.4, 0.5) is 10.1 Å². The van der Waals surface area contributed by atoms with Gasteiger partial charge >= 0.3 is 0 Å². The van der Waals surface area contributed by atoms with Crippen LogP contribution in [0.1, 0.15) is 29.5 Å². The molecule has 0 radical (unpaired) electrons. The van der Waals surface area contributed by atoms with Crippen molar-refractivity contribution in [3.63, 3.8) is 0 Å². The molecule has 0 aliphatic carbocycles. The molecule has 3 N–H and O–H groups in total. The minimum absolute atomic E-state index is 0.0662. The molecule has 3 rings (SSSR count). The van der Waals surface area contributed by atoms with Crippen molar-refractivity contribution in [3.8, 4) is 0 Å². The second-order valence-corrected chi connectivity index (χ2v) is 7.06. The molecule has 0 bridgehead atoms. The van der Waals surface area contributed by atoms with E-state index < -0.39 is 15.8 Å². The third-order valence-corrected chi connectivity index (χ3v) is 5.32. The van der Waals surface area contributed by atoms with E-state index in [9.17, 15) is 12.8 Å². The van der Waals surface area contributed by atoms with Crippen molar-refractivity contribution in [3.05, 3.63) is 58.9 Å². The number of aryl methyl sites for hydroxylation is 1. The van der Waals surface area contributed by atoms with Crippen LogP contribution in [-0.4, -0.2) is 14.4 Å². The van der Waals surface area contributed by atoms with Gasteiger partial charge in [0.2, 0.25) is 5.96 Å². The van der Waals surface area contributed by atoms with E-state index in [1.54, 1.807) is 0 Å². The summed E-state index contributed by atoms with van der Waals surface area (Å²) >= 11 is 0. The summed E-state index contributed by atoms with van der Waals surface area (Å²) in [6.07, 6.45) is 0. The summed E-state index contributed by atoms with van der Waals surface area (Å²) in [5.41, 5.74) is 7.89. The number of nitrogens with zero attached hydrogens (tertiary/aromatic N) is 1. The van der Waals surface area contributed by atoms with Gasteiger partial charge in [-0.3, -0.25) is 0 Å². The summed E-state index contributed by atoms with van der Waals surface area (Å²) in [5, 5.41) is 2.70. The van der Waals surface area contributed by atoms with Crippen LogP contribution in [0, 0.1) is 12.7 Å². The van der Waals surface area contributed by atoms with Crippen LogP contribution < -0.4 is 11.1 Å². The monoisotopic (exact) mass is 333 g/mol. The zero-order chi connectivity index (χ0) is 16.8. The maximum atomic E-state index is 14.5. The first-order valence-corrected chi connectivity index (χ1v) is 8.50. The highest BCUT2D eigenvalue weighted by atomic mass is 32.2. The van der Waals surface area contributed by atoms with Crippen LogP contribution in [0.15, 0.2) is 45.7 Å². The van der Waals surface area contributed by atoms with Gasteiger partial charge in [-0.25, -0.2) is 4.39 Å². The zero-order valence-corrected chi connectivity index (χ0v) is 13.5. The molecule has 0 amide bonds. The van der Waals surface area contributed by atoms with E-state index in [-0.39, 0.29) is 28.0 Å². The molecule has 1 heterocycles. The van der Waals surface area contributed by atoms with Gasteiger partial charge in [0, 0.05) is 11.5 Å². The van der Waals surface area contributed by atoms with Gasteiger partial charge in [-0.15, -0.1) is 4.40 Å². The highest BCUT2D eigenvalue weighted by molar-refractivity contribution is 7.90. The van der Waals surface area contributed by atoms with Gasteiger partial charge in [-0.1, -0.05) is 31.2 Å². The van der Waals surface area contributed by atoms with Crippen molar-refractivity contribution in [1.82, 2.24) is 0 Å². The number of hydrogen-bond donors (Lipinski definition) is 2. The van der Waals surface area contributed by atoms with Crippen LogP contribution >= 0.6 is 0 Å². The van der Waals surface area contributed by atoms with Crippen molar-refractivity contribution in [1.29, 1.82) is 0 Å². The first-order valence-electron chi connectivity index (χ1n) is 7.06. The zero-order valence-electron chi connectivity index (χ0n) is 12.7. The summed E-state index contributed by atoms with van der Waals surface area (Å²) < 4.78 is 42.2. The number of nitrogens with one attached hydrogen (secondary N) is 1. The normalized spacial score (nSPS) is 16.9. The highest BCUT2D eigenvalue weighted by Gasteiger charge is 2.30. The molecule has 2 aromatic carbocycles. The van der Waals surface area contributed by atoms with E-state index in [0.29, 0.717) is 0 Å². The summed E-state index contributed by atoms with van der Waals surface area (Å²) in [4.78, 5) is -0.0662. The Bertz CT molecular complexity index is 923. The fourth-order valence-electron chi connectivity index (χ4n) is 2.90. The number of rotatable bonds is 2. The van der Waals surface area contributed by atoms with Gasteiger partial charge in [0.25, 0.3) is 10.0 Å². The number of fused-ring (bicyclic) bond motifs is 1. The van der Waals surface area contributed by atoms with Gasteiger partial charge < -0.3 is 11.1 Å². The number of benzene rings is 2. The number of guanidine groups is 1. The minimum Gasteiger partial charge on any atom is -0.369 e. The van der Waals surface area contributed by atoms with E-state index in [1.807, 2.05) is 38.1 Å². The molecule has 1 aliphatic heterocycles. The molecule has 0 saturated heterocycles. The molecule has 0 fully saturated rings. The van der Waals surface area contributed by atoms with Crippen LogP contribution in [-0.2, 0) is 10.0 Å². The van der Waals surface area contributed by atoms with E-state index >= 15 is 0 Å². The first kappa shape index (κ1) is 15.5. The second-order valence-electron chi connectivity index (χ2n) is 5.49. The quantitative estimate of drug-likeness (QED) is 0.885. The Morgan fingerprint density at radius 1 is 1.22 bits per heavy atom. The van der Waals surface area contributed by atoms with E-state index in [2.05, 4.69) is 9.71 Å². The molecular formula is C16H16FN3O2S. The van der Waals surface area contributed by atoms with Crippen molar-refractivity contribution < 1.29 is 12.8 Å². The standard InChI is InChI=1S/C16H16FN3O2S/c1-9-5-3-4-6-11(9)10(2)14-12(17)7-8-13-15(14)19-16(18)20-23(13,21)22/h3-8,10H,1-2H3,(H3,18,19,20)/t10-/m1/s1. The predicted octanol–water partition coefficient (Wildman–Crippen LogP) is 2.71. The lowest BCUT2D eigenvalue weighted by Gasteiger charge is -2.24. The van der Waals surface area contributed by atoms with Crippen LogP contribution in [0.25, 0.3) is 0 Å². The molecule has 0 aromatic heterocycles. The lowest BCUT2D eigenvalue weighted by Crippen LogP contribution is -2.30. The van der Waals surface area contributed by atoms with Crippen molar-refractivity contribution in [2.75, 3.05) is 5.32 Å².